The van der Waals surface area contributed by atoms with Crippen LogP contribution in [-0.4, -0.2) is 35.4 Å². The maximum Gasteiger partial charge on any atom is 0.261 e. The lowest BCUT2D eigenvalue weighted by molar-refractivity contribution is 0.0656. The number of ether oxygens (including phenoxy) is 1. The highest BCUT2D eigenvalue weighted by Crippen LogP contribution is 2.22. The maximum atomic E-state index is 12.2. The van der Waals surface area contributed by atoms with Crippen LogP contribution in [0.5, 0.6) is 5.75 Å². The average Bonchev–Trinajstić information content (AvgIpc) is 2.78. The van der Waals surface area contributed by atoms with Crippen molar-refractivity contribution in [1.29, 1.82) is 0 Å². The fourth-order valence-corrected chi connectivity index (χ4v) is 2.39. The Morgan fingerprint density at radius 2 is 1.76 bits per heavy atom. The van der Waals surface area contributed by atoms with Gasteiger partial charge in [-0.05, 0) is 18.2 Å². The van der Waals surface area contributed by atoms with Gasteiger partial charge in [0.1, 0.15) is 5.75 Å². The lowest BCUT2D eigenvalue weighted by Gasteiger charge is -2.13. The van der Waals surface area contributed by atoms with Gasteiger partial charge in [-0.3, -0.25) is 19.5 Å². The van der Waals surface area contributed by atoms with Crippen LogP contribution >= 0.6 is 0 Å². The monoisotopic (exact) mass is 282 g/mol. The predicted molar refractivity (Wildman–Crippen MR) is 76.3 cm³/mol. The van der Waals surface area contributed by atoms with E-state index in [0.717, 1.165) is 5.69 Å². The Kier molecular flexibility index (Phi) is 3.39. The zero-order valence-electron chi connectivity index (χ0n) is 11.6. The van der Waals surface area contributed by atoms with Gasteiger partial charge in [-0.15, -0.1) is 0 Å². The van der Waals surface area contributed by atoms with E-state index in [4.69, 9.17) is 4.74 Å². The molecule has 0 unspecified atom stereocenters. The molecule has 0 saturated carbocycles. The first-order valence-corrected chi connectivity index (χ1v) is 6.65. The zero-order valence-corrected chi connectivity index (χ0v) is 11.6. The molecule has 0 N–H and O–H groups in total. The molecular formula is C16H14N2O3. The number of carbonyl (C=O) groups is 2. The van der Waals surface area contributed by atoms with Crippen LogP contribution < -0.4 is 4.74 Å². The highest BCUT2D eigenvalue weighted by atomic mass is 16.5. The van der Waals surface area contributed by atoms with Crippen molar-refractivity contribution in [3.63, 3.8) is 0 Å². The number of benzene rings is 1. The lowest BCUT2D eigenvalue weighted by atomic mass is 10.1. The van der Waals surface area contributed by atoms with Crippen LogP contribution in [0.2, 0.25) is 0 Å². The molecule has 0 atom stereocenters. The lowest BCUT2D eigenvalue weighted by Crippen LogP contribution is -2.31. The molecule has 21 heavy (non-hydrogen) atoms. The van der Waals surface area contributed by atoms with Crippen LogP contribution in [0.25, 0.3) is 0 Å². The average molecular weight is 282 g/mol. The van der Waals surface area contributed by atoms with E-state index >= 15 is 0 Å². The maximum absolute atomic E-state index is 12.2. The summed E-state index contributed by atoms with van der Waals surface area (Å²) in [7, 11) is 1.59. The molecule has 1 aromatic heterocycles. The van der Waals surface area contributed by atoms with Gasteiger partial charge >= 0.3 is 0 Å². The van der Waals surface area contributed by atoms with E-state index in [1.165, 1.54) is 4.90 Å². The first-order valence-electron chi connectivity index (χ1n) is 6.65. The van der Waals surface area contributed by atoms with Crippen LogP contribution in [0.15, 0.2) is 42.6 Å². The second kappa shape index (κ2) is 5.36. The Balaban J connectivity index is 1.75. The predicted octanol–water partition coefficient (Wildman–Crippen LogP) is 1.93. The van der Waals surface area contributed by atoms with Crippen molar-refractivity contribution >= 4 is 11.8 Å². The molecule has 0 spiro atoms. The van der Waals surface area contributed by atoms with Gasteiger partial charge in [-0.2, -0.15) is 0 Å². The SMILES string of the molecule is COc1ccnc(CCN2C(=O)c3ccccc3C2=O)c1. The van der Waals surface area contributed by atoms with Gasteiger partial charge in [-0.1, -0.05) is 12.1 Å². The van der Waals surface area contributed by atoms with Gasteiger partial charge in [-0.25, -0.2) is 0 Å². The summed E-state index contributed by atoms with van der Waals surface area (Å²) in [6.45, 7) is 0.312. The third-order valence-electron chi connectivity index (χ3n) is 3.49. The van der Waals surface area contributed by atoms with Gasteiger partial charge in [0.05, 0.1) is 18.2 Å². The number of imide groups is 1. The minimum Gasteiger partial charge on any atom is -0.497 e. The van der Waals surface area contributed by atoms with Crippen molar-refractivity contribution in [2.24, 2.45) is 0 Å². The summed E-state index contributed by atoms with van der Waals surface area (Å²) in [5.41, 5.74) is 1.73. The Morgan fingerprint density at radius 3 is 2.38 bits per heavy atom. The Labute approximate surface area is 122 Å². The standard InChI is InChI=1S/C16H14N2O3/c1-21-12-6-8-17-11(10-12)7-9-18-15(19)13-4-2-3-5-14(13)16(18)20/h2-6,8,10H,7,9H2,1H3. The summed E-state index contributed by atoms with van der Waals surface area (Å²) in [5, 5.41) is 0. The molecule has 0 aliphatic carbocycles. The van der Waals surface area contributed by atoms with Gasteiger partial charge in [0.2, 0.25) is 0 Å². The summed E-state index contributed by atoms with van der Waals surface area (Å²) in [6.07, 6.45) is 2.15. The smallest absolute Gasteiger partial charge is 0.261 e. The molecule has 2 heterocycles. The molecule has 0 fully saturated rings. The molecule has 2 aromatic rings. The van der Waals surface area contributed by atoms with E-state index in [2.05, 4.69) is 4.98 Å². The quantitative estimate of drug-likeness (QED) is 0.804. The molecule has 2 amide bonds. The molecule has 5 heteroatoms. The second-order valence-corrected chi connectivity index (χ2v) is 4.74. The van der Waals surface area contributed by atoms with E-state index < -0.39 is 0 Å². The van der Waals surface area contributed by atoms with Gasteiger partial charge in [0.25, 0.3) is 11.8 Å². The first-order chi connectivity index (χ1) is 10.2. The minimum absolute atomic E-state index is 0.238. The topological polar surface area (TPSA) is 59.5 Å². The molecular weight excluding hydrogens is 268 g/mol. The zero-order chi connectivity index (χ0) is 14.8. The third-order valence-corrected chi connectivity index (χ3v) is 3.49. The van der Waals surface area contributed by atoms with E-state index in [-0.39, 0.29) is 11.8 Å². The third kappa shape index (κ3) is 2.38. The molecule has 0 bridgehead atoms. The number of fused-ring (bicyclic) bond motifs is 1. The van der Waals surface area contributed by atoms with Crippen molar-refractivity contribution < 1.29 is 14.3 Å². The summed E-state index contributed by atoms with van der Waals surface area (Å²) in [4.78, 5) is 29.9. The van der Waals surface area contributed by atoms with Crippen LogP contribution in [-0.2, 0) is 6.42 Å². The second-order valence-electron chi connectivity index (χ2n) is 4.74. The molecule has 0 radical (unpaired) electrons. The number of carbonyl (C=O) groups excluding carboxylic acids is 2. The number of nitrogens with zero attached hydrogens (tertiary/aromatic N) is 2. The fraction of sp³-hybridized carbons (Fsp3) is 0.188. The largest absolute Gasteiger partial charge is 0.497 e. The minimum atomic E-state index is -0.238. The van der Waals surface area contributed by atoms with E-state index in [1.807, 2.05) is 0 Å². The molecule has 0 saturated heterocycles. The summed E-state index contributed by atoms with van der Waals surface area (Å²) in [5.74, 6) is 0.236. The van der Waals surface area contributed by atoms with Gasteiger partial charge < -0.3 is 4.74 Å². The number of hydrogen-bond donors (Lipinski definition) is 0. The van der Waals surface area contributed by atoms with Crippen LogP contribution in [0.4, 0.5) is 0 Å². The number of amides is 2. The first kappa shape index (κ1) is 13.3. The van der Waals surface area contributed by atoms with Gasteiger partial charge in [0.15, 0.2) is 0 Å². The van der Waals surface area contributed by atoms with Crippen molar-refractivity contribution in [3.8, 4) is 5.75 Å². The van der Waals surface area contributed by atoms with Crippen molar-refractivity contribution in [1.82, 2.24) is 9.88 Å². The highest BCUT2D eigenvalue weighted by molar-refractivity contribution is 6.21. The Hall–Kier alpha value is -2.69. The molecule has 1 aromatic carbocycles. The molecule has 5 nitrogen and oxygen atoms in total. The number of methoxy groups -OCH3 is 1. The number of hydrogen-bond acceptors (Lipinski definition) is 4. The Morgan fingerprint density at radius 1 is 1.10 bits per heavy atom. The summed E-state index contributed by atoms with van der Waals surface area (Å²) in [6, 6.07) is 10.4. The summed E-state index contributed by atoms with van der Waals surface area (Å²) < 4.78 is 5.13. The highest BCUT2D eigenvalue weighted by Gasteiger charge is 2.34. The van der Waals surface area contributed by atoms with E-state index in [0.29, 0.717) is 29.8 Å². The molecule has 3 rings (SSSR count). The van der Waals surface area contributed by atoms with Crippen molar-refractivity contribution in [3.05, 3.63) is 59.4 Å². The molecule has 1 aliphatic heterocycles. The molecule has 1 aliphatic rings. The van der Waals surface area contributed by atoms with Crippen LogP contribution in [0, 0.1) is 0 Å². The van der Waals surface area contributed by atoms with Crippen molar-refractivity contribution in [2.75, 3.05) is 13.7 Å². The van der Waals surface area contributed by atoms with E-state index in [1.54, 1.807) is 49.7 Å². The number of aromatic nitrogens is 1. The van der Waals surface area contributed by atoms with Gasteiger partial charge in [0, 0.05) is 30.9 Å². The summed E-state index contributed by atoms with van der Waals surface area (Å²) >= 11 is 0. The van der Waals surface area contributed by atoms with E-state index in [9.17, 15) is 9.59 Å². The normalized spacial score (nSPS) is 13.5. The van der Waals surface area contributed by atoms with Crippen LogP contribution in [0.1, 0.15) is 26.4 Å². The fourth-order valence-electron chi connectivity index (χ4n) is 2.39. The van der Waals surface area contributed by atoms with Crippen LogP contribution in [0.3, 0.4) is 0 Å². The Bertz CT molecular complexity index is 677. The number of rotatable bonds is 4. The molecule has 106 valence electrons. The van der Waals surface area contributed by atoms with Crippen molar-refractivity contribution in [2.45, 2.75) is 6.42 Å². The number of pyridine rings is 1.